The van der Waals surface area contributed by atoms with Crippen molar-refractivity contribution in [3.8, 4) is 5.75 Å². The minimum atomic E-state index is -0.0752. The topological polar surface area (TPSA) is 61.4 Å². The van der Waals surface area contributed by atoms with Crippen LogP contribution in [-0.4, -0.2) is 24.1 Å². The molecule has 0 radical (unpaired) electrons. The molecule has 4 nitrogen and oxygen atoms in total. The summed E-state index contributed by atoms with van der Waals surface area (Å²) in [4.78, 5) is 11.7. The van der Waals surface area contributed by atoms with E-state index in [0.29, 0.717) is 12.2 Å². The predicted molar refractivity (Wildman–Crippen MR) is 64.4 cm³/mol. The van der Waals surface area contributed by atoms with Gasteiger partial charge in [-0.1, -0.05) is 13.8 Å². The van der Waals surface area contributed by atoms with Crippen LogP contribution in [-0.2, 0) is 4.79 Å². The smallest absolute Gasteiger partial charge is 0.228 e. The first kappa shape index (κ1) is 12.5. The highest BCUT2D eigenvalue weighted by Crippen LogP contribution is 2.14. The molecule has 1 unspecified atom stereocenters. The number of benzene rings is 1. The van der Waals surface area contributed by atoms with Gasteiger partial charge in [-0.15, -0.1) is 0 Å². The number of phenols is 1. The summed E-state index contributed by atoms with van der Waals surface area (Å²) in [6.07, 6.45) is 0. The van der Waals surface area contributed by atoms with E-state index in [4.69, 9.17) is 5.11 Å². The number of carbonyl (C=O) groups is 1. The van der Waals surface area contributed by atoms with Crippen molar-refractivity contribution in [2.45, 2.75) is 13.8 Å². The van der Waals surface area contributed by atoms with Gasteiger partial charge in [0.2, 0.25) is 5.91 Å². The average Bonchev–Trinajstić information content (AvgIpc) is 2.29. The van der Waals surface area contributed by atoms with Gasteiger partial charge in [0.15, 0.2) is 0 Å². The second kappa shape index (κ2) is 6.12. The fourth-order valence-corrected chi connectivity index (χ4v) is 1.26. The van der Waals surface area contributed by atoms with Crippen molar-refractivity contribution >= 4 is 11.6 Å². The molecular weight excluding hydrogens is 204 g/mol. The highest BCUT2D eigenvalue weighted by atomic mass is 16.3. The van der Waals surface area contributed by atoms with Crippen molar-refractivity contribution < 1.29 is 9.90 Å². The molecule has 1 atom stereocenters. The maximum atomic E-state index is 11.7. The molecule has 88 valence electrons. The van der Waals surface area contributed by atoms with E-state index in [0.717, 1.165) is 6.54 Å². The lowest BCUT2D eigenvalue weighted by atomic mass is 10.1. The lowest BCUT2D eigenvalue weighted by molar-refractivity contribution is -0.119. The summed E-state index contributed by atoms with van der Waals surface area (Å²) in [6.45, 7) is 5.40. The summed E-state index contributed by atoms with van der Waals surface area (Å²) >= 11 is 0. The van der Waals surface area contributed by atoms with Crippen LogP contribution < -0.4 is 10.6 Å². The molecule has 0 spiro atoms. The molecule has 1 aromatic rings. The minimum Gasteiger partial charge on any atom is -0.508 e. The Labute approximate surface area is 95.7 Å². The van der Waals surface area contributed by atoms with Crippen LogP contribution in [0.25, 0.3) is 0 Å². The van der Waals surface area contributed by atoms with Crippen molar-refractivity contribution in [3.63, 3.8) is 0 Å². The molecule has 3 N–H and O–H groups in total. The molecule has 0 bridgehead atoms. The molecule has 0 saturated heterocycles. The molecule has 1 rings (SSSR count). The number of aromatic hydroxyl groups is 1. The predicted octanol–water partition coefficient (Wildman–Crippen LogP) is 1.58. The molecule has 0 aromatic heterocycles. The largest absolute Gasteiger partial charge is 0.508 e. The van der Waals surface area contributed by atoms with Crippen LogP contribution in [0.4, 0.5) is 5.69 Å². The highest BCUT2D eigenvalue weighted by Gasteiger charge is 2.11. The zero-order chi connectivity index (χ0) is 12.0. The number of phenolic OH excluding ortho intramolecular Hbond substituents is 1. The van der Waals surface area contributed by atoms with Crippen LogP contribution in [0.1, 0.15) is 13.8 Å². The molecule has 1 aromatic carbocycles. The molecule has 0 heterocycles. The Bertz CT molecular complexity index is 335. The molecule has 16 heavy (non-hydrogen) atoms. The number of nitrogens with one attached hydrogen (secondary N) is 2. The fraction of sp³-hybridized carbons (Fsp3) is 0.417. The lowest BCUT2D eigenvalue weighted by Gasteiger charge is -2.12. The third kappa shape index (κ3) is 3.90. The first-order valence-electron chi connectivity index (χ1n) is 5.44. The molecule has 0 aliphatic rings. The van der Waals surface area contributed by atoms with E-state index in [2.05, 4.69) is 10.6 Å². The highest BCUT2D eigenvalue weighted by molar-refractivity contribution is 5.92. The summed E-state index contributed by atoms with van der Waals surface area (Å²) in [5.74, 6) is 0.0964. The summed E-state index contributed by atoms with van der Waals surface area (Å²) in [5, 5.41) is 15.0. The van der Waals surface area contributed by atoms with Gasteiger partial charge in [0.25, 0.3) is 0 Å². The van der Waals surface area contributed by atoms with E-state index < -0.39 is 0 Å². The SMILES string of the molecule is CCNCC(C)C(=O)Nc1ccc(O)cc1. The van der Waals surface area contributed by atoms with Gasteiger partial charge in [0.05, 0.1) is 0 Å². The van der Waals surface area contributed by atoms with Gasteiger partial charge in [-0.05, 0) is 30.8 Å². The summed E-state index contributed by atoms with van der Waals surface area (Å²) in [5.41, 5.74) is 0.700. The summed E-state index contributed by atoms with van der Waals surface area (Å²) in [7, 11) is 0. The second-order valence-corrected chi connectivity index (χ2v) is 3.74. The molecule has 0 saturated carbocycles. The third-order valence-corrected chi connectivity index (χ3v) is 2.28. The van der Waals surface area contributed by atoms with E-state index in [1.54, 1.807) is 24.3 Å². The molecule has 4 heteroatoms. The van der Waals surface area contributed by atoms with E-state index in [-0.39, 0.29) is 17.6 Å². The number of hydrogen-bond acceptors (Lipinski definition) is 3. The van der Waals surface area contributed by atoms with Gasteiger partial charge < -0.3 is 15.7 Å². The number of anilines is 1. The summed E-state index contributed by atoms with van der Waals surface area (Å²) < 4.78 is 0. The van der Waals surface area contributed by atoms with Crippen molar-refractivity contribution in [1.82, 2.24) is 5.32 Å². The number of rotatable bonds is 5. The lowest BCUT2D eigenvalue weighted by Crippen LogP contribution is -2.30. The van der Waals surface area contributed by atoms with Gasteiger partial charge in [0, 0.05) is 18.2 Å². The monoisotopic (exact) mass is 222 g/mol. The van der Waals surface area contributed by atoms with E-state index in [1.165, 1.54) is 0 Å². The Morgan fingerprint density at radius 3 is 2.56 bits per heavy atom. The van der Waals surface area contributed by atoms with Gasteiger partial charge in [-0.2, -0.15) is 0 Å². The molecule has 0 fully saturated rings. The van der Waals surface area contributed by atoms with E-state index in [1.807, 2.05) is 13.8 Å². The maximum Gasteiger partial charge on any atom is 0.228 e. The second-order valence-electron chi connectivity index (χ2n) is 3.74. The van der Waals surface area contributed by atoms with Crippen molar-refractivity contribution in [1.29, 1.82) is 0 Å². The number of carbonyl (C=O) groups excluding carboxylic acids is 1. The van der Waals surface area contributed by atoms with E-state index >= 15 is 0 Å². The molecule has 0 aliphatic heterocycles. The zero-order valence-corrected chi connectivity index (χ0v) is 9.66. The molecule has 1 amide bonds. The molecular formula is C12H18N2O2. The quantitative estimate of drug-likeness (QED) is 0.663. The van der Waals surface area contributed by atoms with Gasteiger partial charge in [-0.3, -0.25) is 4.79 Å². The van der Waals surface area contributed by atoms with Crippen molar-refractivity contribution in [2.75, 3.05) is 18.4 Å². The van der Waals surface area contributed by atoms with Crippen LogP contribution in [0.5, 0.6) is 5.75 Å². The van der Waals surface area contributed by atoms with Crippen LogP contribution >= 0.6 is 0 Å². The Balaban J connectivity index is 2.47. The molecule has 0 aliphatic carbocycles. The first-order chi connectivity index (χ1) is 7.63. The Morgan fingerprint density at radius 2 is 2.00 bits per heavy atom. The van der Waals surface area contributed by atoms with Crippen LogP contribution in [0.3, 0.4) is 0 Å². The van der Waals surface area contributed by atoms with Crippen molar-refractivity contribution in [2.24, 2.45) is 5.92 Å². The fourth-order valence-electron chi connectivity index (χ4n) is 1.26. The zero-order valence-electron chi connectivity index (χ0n) is 9.66. The van der Waals surface area contributed by atoms with Crippen molar-refractivity contribution in [3.05, 3.63) is 24.3 Å². The van der Waals surface area contributed by atoms with Gasteiger partial charge in [0.1, 0.15) is 5.75 Å². The Kier molecular flexibility index (Phi) is 4.79. The average molecular weight is 222 g/mol. The maximum absolute atomic E-state index is 11.7. The van der Waals surface area contributed by atoms with Gasteiger partial charge >= 0.3 is 0 Å². The Morgan fingerprint density at radius 1 is 1.38 bits per heavy atom. The standard InChI is InChI=1S/C12H18N2O2/c1-3-13-8-9(2)12(16)14-10-4-6-11(15)7-5-10/h4-7,9,13,15H,3,8H2,1-2H3,(H,14,16). The number of hydrogen-bond donors (Lipinski definition) is 3. The van der Waals surface area contributed by atoms with E-state index in [9.17, 15) is 4.79 Å². The third-order valence-electron chi connectivity index (χ3n) is 2.28. The normalized spacial score (nSPS) is 12.1. The van der Waals surface area contributed by atoms with Crippen LogP contribution in [0, 0.1) is 5.92 Å². The Hall–Kier alpha value is -1.55. The van der Waals surface area contributed by atoms with Gasteiger partial charge in [-0.25, -0.2) is 0 Å². The van der Waals surface area contributed by atoms with Crippen LogP contribution in [0.2, 0.25) is 0 Å². The first-order valence-corrected chi connectivity index (χ1v) is 5.44. The van der Waals surface area contributed by atoms with Crippen LogP contribution in [0.15, 0.2) is 24.3 Å². The number of amides is 1. The minimum absolute atomic E-state index is 0.0216. The summed E-state index contributed by atoms with van der Waals surface area (Å²) in [6, 6.07) is 6.44.